The normalized spacial score (nSPS) is 12.1. The molecule has 0 radical (unpaired) electrons. The summed E-state index contributed by atoms with van der Waals surface area (Å²) in [6.45, 7) is 6.70. The van der Waals surface area contributed by atoms with Gasteiger partial charge in [-0.3, -0.25) is 10.1 Å². The Hall–Kier alpha value is -1.89. The van der Waals surface area contributed by atoms with Crippen LogP contribution in [0.3, 0.4) is 0 Å². The van der Waals surface area contributed by atoms with Crippen molar-refractivity contribution in [2.75, 3.05) is 12.4 Å². The van der Waals surface area contributed by atoms with Crippen LogP contribution in [0.25, 0.3) is 0 Å². The quantitative estimate of drug-likeness (QED) is 0.626. The van der Waals surface area contributed by atoms with E-state index in [4.69, 9.17) is 4.74 Å². The smallest absolute Gasteiger partial charge is 0.311 e. The largest absolute Gasteiger partial charge is 0.481 e. The summed E-state index contributed by atoms with van der Waals surface area (Å²) in [7, 11) is 1.43. The number of aliphatic hydroxyl groups is 1. The lowest BCUT2D eigenvalue weighted by atomic mass is 9.86. The van der Waals surface area contributed by atoms with Crippen molar-refractivity contribution >= 4 is 11.5 Å². The van der Waals surface area contributed by atoms with Gasteiger partial charge in [-0.05, 0) is 27.7 Å². The van der Waals surface area contributed by atoms with Crippen LogP contribution in [0.15, 0.2) is 12.1 Å². The molecule has 0 spiro atoms. The Bertz CT molecular complexity index is 480. The molecule has 0 aliphatic rings. The van der Waals surface area contributed by atoms with Crippen LogP contribution >= 0.6 is 0 Å². The van der Waals surface area contributed by atoms with Crippen LogP contribution in [-0.2, 0) is 0 Å². The van der Waals surface area contributed by atoms with Crippen LogP contribution in [0, 0.1) is 10.1 Å². The standard InChI is InChI=1S/C12H19N3O4/c1-11(2,12(3,4)16)14-10-8(15(17)18)6-7-9(13-10)19-5/h6-7,16H,1-5H3,(H,13,14). The fourth-order valence-electron chi connectivity index (χ4n) is 1.24. The van der Waals surface area contributed by atoms with Gasteiger partial charge in [-0.25, -0.2) is 0 Å². The second-order valence-corrected chi connectivity index (χ2v) is 5.29. The van der Waals surface area contributed by atoms with Crippen molar-refractivity contribution in [3.05, 3.63) is 22.2 Å². The molecule has 0 aromatic carbocycles. The van der Waals surface area contributed by atoms with E-state index in [9.17, 15) is 15.2 Å². The van der Waals surface area contributed by atoms with E-state index < -0.39 is 16.1 Å². The summed E-state index contributed by atoms with van der Waals surface area (Å²) in [4.78, 5) is 14.5. The minimum atomic E-state index is -1.09. The summed E-state index contributed by atoms with van der Waals surface area (Å²) < 4.78 is 4.95. The molecule has 0 amide bonds. The molecule has 1 heterocycles. The molecule has 1 aromatic rings. The number of pyridine rings is 1. The van der Waals surface area contributed by atoms with Crippen LogP contribution in [0.2, 0.25) is 0 Å². The van der Waals surface area contributed by atoms with Crippen LogP contribution in [0.4, 0.5) is 11.5 Å². The van der Waals surface area contributed by atoms with Crippen molar-refractivity contribution in [2.45, 2.75) is 38.8 Å². The summed E-state index contributed by atoms with van der Waals surface area (Å²) in [5.41, 5.74) is -2.07. The number of aromatic nitrogens is 1. The number of nitrogens with one attached hydrogen (secondary N) is 1. The van der Waals surface area contributed by atoms with Gasteiger partial charge in [-0.15, -0.1) is 0 Å². The number of nitro groups is 1. The summed E-state index contributed by atoms with van der Waals surface area (Å²) in [6, 6.07) is 2.73. The summed E-state index contributed by atoms with van der Waals surface area (Å²) in [5.74, 6) is 0.330. The monoisotopic (exact) mass is 269 g/mol. The van der Waals surface area contributed by atoms with E-state index in [0.29, 0.717) is 0 Å². The van der Waals surface area contributed by atoms with E-state index in [1.807, 2.05) is 0 Å². The highest BCUT2D eigenvalue weighted by Gasteiger charge is 2.37. The first kappa shape index (κ1) is 15.2. The SMILES string of the molecule is COc1ccc([N+](=O)[O-])c(NC(C)(C)C(C)(C)O)n1. The molecule has 0 fully saturated rings. The molecule has 0 bridgehead atoms. The molecule has 0 unspecified atom stereocenters. The number of anilines is 1. The van der Waals surface area contributed by atoms with Crippen molar-refractivity contribution in [2.24, 2.45) is 0 Å². The molecular weight excluding hydrogens is 250 g/mol. The second kappa shape index (κ2) is 5.00. The Morgan fingerprint density at radius 1 is 1.37 bits per heavy atom. The molecule has 19 heavy (non-hydrogen) atoms. The number of hydrogen-bond donors (Lipinski definition) is 2. The fraction of sp³-hybridized carbons (Fsp3) is 0.583. The molecule has 0 atom stereocenters. The highest BCUT2D eigenvalue weighted by molar-refractivity contribution is 5.58. The number of rotatable bonds is 5. The first-order chi connectivity index (χ1) is 8.58. The van der Waals surface area contributed by atoms with Gasteiger partial charge in [0.2, 0.25) is 11.7 Å². The van der Waals surface area contributed by atoms with E-state index in [2.05, 4.69) is 10.3 Å². The molecule has 7 nitrogen and oxygen atoms in total. The average Bonchev–Trinajstić information content (AvgIpc) is 2.26. The van der Waals surface area contributed by atoms with Gasteiger partial charge >= 0.3 is 5.69 Å². The van der Waals surface area contributed by atoms with Crippen LogP contribution in [0.5, 0.6) is 5.88 Å². The van der Waals surface area contributed by atoms with Gasteiger partial charge in [0.1, 0.15) is 0 Å². The number of methoxy groups -OCH3 is 1. The van der Waals surface area contributed by atoms with Crippen molar-refractivity contribution in [1.82, 2.24) is 4.98 Å². The Morgan fingerprint density at radius 3 is 2.37 bits per heavy atom. The molecular formula is C12H19N3O4. The average molecular weight is 269 g/mol. The Labute approximate surface area is 111 Å². The molecule has 106 valence electrons. The van der Waals surface area contributed by atoms with Crippen LogP contribution < -0.4 is 10.1 Å². The van der Waals surface area contributed by atoms with Crippen molar-refractivity contribution in [3.63, 3.8) is 0 Å². The maximum atomic E-state index is 11.0. The molecule has 0 saturated heterocycles. The molecule has 2 N–H and O–H groups in total. The van der Waals surface area contributed by atoms with Gasteiger partial charge in [0, 0.05) is 12.1 Å². The summed E-state index contributed by atoms with van der Waals surface area (Å²) in [5, 5.41) is 24.0. The van der Waals surface area contributed by atoms with Crippen molar-refractivity contribution in [3.8, 4) is 5.88 Å². The lowest BCUT2D eigenvalue weighted by molar-refractivity contribution is -0.384. The summed E-state index contributed by atoms with van der Waals surface area (Å²) in [6.07, 6.45) is 0. The van der Waals surface area contributed by atoms with Gasteiger partial charge in [0.05, 0.1) is 23.2 Å². The lowest BCUT2D eigenvalue weighted by Gasteiger charge is -2.38. The molecule has 0 saturated carbocycles. The lowest BCUT2D eigenvalue weighted by Crippen LogP contribution is -2.51. The molecule has 7 heteroatoms. The third kappa shape index (κ3) is 3.31. The van der Waals surface area contributed by atoms with E-state index in [1.165, 1.54) is 19.2 Å². The van der Waals surface area contributed by atoms with E-state index in [1.54, 1.807) is 27.7 Å². The second-order valence-electron chi connectivity index (χ2n) is 5.29. The predicted octanol–water partition coefficient (Wildman–Crippen LogP) is 1.96. The highest BCUT2D eigenvalue weighted by Crippen LogP contribution is 2.31. The van der Waals surface area contributed by atoms with Crippen molar-refractivity contribution < 1.29 is 14.8 Å². The van der Waals surface area contributed by atoms with Crippen LogP contribution in [0.1, 0.15) is 27.7 Å². The zero-order chi connectivity index (χ0) is 14.8. The predicted molar refractivity (Wildman–Crippen MR) is 71.4 cm³/mol. The Morgan fingerprint density at radius 2 is 1.95 bits per heavy atom. The highest BCUT2D eigenvalue weighted by atomic mass is 16.6. The maximum absolute atomic E-state index is 11.0. The number of nitrogens with zero attached hydrogens (tertiary/aromatic N) is 2. The Balaban J connectivity index is 3.21. The van der Waals surface area contributed by atoms with Crippen molar-refractivity contribution in [1.29, 1.82) is 0 Å². The van der Waals surface area contributed by atoms with E-state index >= 15 is 0 Å². The summed E-state index contributed by atoms with van der Waals surface area (Å²) >= 11 is 0. The molecule has 1 rings (SSSR count). The zero-order valence-electron chi connectivity index (χ0n) is 11.7. The number of ether oxygens (including phenoxy) is 1. The minimum absolute atomic E-state index is 0.0662. The Kier molecular flexibility index (Phi) is 4.00. The maximum Gasteiger partial charge on any atom is 0.311 e. The minimum Gasteiger partial charge on any atom is -0.481 e. The topological polar surface area (TPSA) is 97.5 Å². The van der Waals surface area contributed by atoms with E-state index in [-0.39, 0.29) is 17.4 Å². The van der Waals surface area contributed by atoms with Gasteiger partial charge in [-0.1, -0.05) is 0 Å². The molecule has 0 aliphatic carbocycles. The third-order valence-corrected chi connectivity index (χ3v) is 3.21. The number of hydrogen-bond acceptors (Lipinski definition) is 6. The first-order valence-electron chi connectivity index (χ1n) is 5.78. The molecule has 0 aliphatic heterocycles. The third-order valence-electron chi connectivity index (χ3n) is 3.21. The van der Waals surface area contributed by atoms with Gasteiger partial charge in [0.15, 0.2) is 0 Å². The first-order valence-corrected chi connectivity index (χ1v) is 5.78. The molecule has 1 aromatic heterocycles. The van der Waals surface area contributed by atoms with Gasteiger partial charge in [0.25, 0.3) is 0 Å². The zero-order valence-corrected chi connectivity index (χ0v) is 11.7. The fourth-order valence-corrected chi connectivity index (χ4v) is 1.24. The van der Waals surface area contributed by atoms with Gasteiger partial charge in [-0.2, -0.15) is 4.98 Å². The van der Waals surface area contributed by atoms with Crippen LogP contribution in [-0.4, -0.2) is 33.3 Å². The van der Waals surface area contributed by atoms with E-state index in [0.717, 1.165) is 0 Å². The van der Waals surface area contributed by atoms with Gasteiger partial charge < -0.3 is 15.2 Å².